The van der Waals surface area contributed by atoms with E-state index in [-0.39, 0.29) is 28.7 Å². The number of halogens is 1. The van der Waals surface area contributed by atoms with Crippen LogP contribution >= 0.6 is 11.6 Å². The van der Waals surface area contributed by atoms with Crippen molar-refractivity contribution in [1.82, 2.24) is 0 Å². The second-order valence-corrected chi connectivity index (χ2v) is 8.95. The Morgan fingerprint density at radius 1 is 1.11 bits per heavy atom. The summed E-state index contributed by atoms with van der Waals surface area (Å²) in [5.41, 5.74) is 1.83. The molecule has 2 aliphatic rings. The summed E-state index contributed by atoms with van der Waals surface area (Å²) < 4.78 is 22.0. The van der Waals surface area contributed by atoms with Crippen molar-refractivity contribution in [1.29, 1.82) is 0 Å². The van der Waals surface area contributed by atoms with Gasteiger partial charge in [0.25, 0.3) is 11.7 Å². The maximum absolute atomic E-state index is 13.5. The van der Waals surface area contributed by atoms with Crippen molar-refractivity contribution in [3.63, 3.8) is 0 Å². The zero-order chi connectivity index (χ0) is 26.3. The van der Waals surface area contributed by atoms with Crippen molar-refractivity contribution in [2.45, 2.75) is 19.9 Å². The van der Waals surface area contributed by atoms with Crippen LogP contribution in [0.5, 0.6) is 23.0 Å². The normalized spacial score (nSPS) is 17.8. The van der Waals surface area contributed by atoms with Crippen molar-refractivity contribution >= 4 is 34.7 Å². The largest absolute Gasteiger partial charge is 0.507 e. The molecule has 0 spiro atoms. The molecule has 8 nitrogen and oxygen atoms in total. The molecule has 1 atom stereocenters. The molecule has 0 aromatic heterocycles. The number of aliphatic hydroxyl groups is 1. The maximum Gasteiger partial charge on any atom is 0.300 e. The summed E-state index contributed by atoms with van der Waals surface area (Å²) in [5, 5.41) is 11.8. The van der Waals surface area contributed by atoms with Gasteiger partial charge in [0.15, 0.2) is 11.5 Å². The van der Waals surface area contributed by atoms with E-state index < -0.39 is 23.5 Å². The number of rotatable bonds is 6. The van der Waals surface area contributed by atoms with Crippen molar-refractivity contribution < 1.29 is 33.6 Å². The first-order valence-corrected chi connectivity index (χ1v) is 12.0. The van der Waals surface area contributed by atoms with Crippen molar-refractivity contribution in [3.8, 4) is 23.0 Å². The number of ether oxygens (including phenoxy) is 4. The van der Waals surface area contributed by atoms with Gasteiger partial charge in [0.1, 0.15) is 17.3 Å². The average Bonchev–Trinajstić information content (AvgIpc) is 3.45. The fraction of sp³-hybridized carbons (Fsp3) is 0.214. The first-order valence-electron chi connectivity index (χ1n) is 11.6. The van der Waals surface area contributed by atoms with Gasteiger partial charge < -0.3 is 24.1 Å². The molecule has 1 saturated heterocycles. The summed E-state index contributed by atoms with van der Waals surface area (Å²) >= 11 is 6.37. The van der Waals surface area contributed by atoms with Gasteiger partial charge >= 0.3 is 0 Å². The number of carbonyl (C=O) groups excluding carboxylic acids is 2. The number of carbonyl (C=O) groups is 2. The van der Waals surface area contributed by atoms with Crippen LogP contribution in [0.15, 0.2) is 60.2 Å². The summed E-state index contributed by atoms with van der Waals surface area (Å²) in [6.45, 7) is 4.16. The number of anilines is 1. The monoisotopic (exact) mass is 521 g/mol. The van der Waals surface area contributed by atoms with E-state index >= 15 is 0 Å². The highest BCUT2D eigenvalue weighted by molar-refractivity contribution is 6.51. The quantitative estimate of drug-likeness (QED) is 0.263. The third kappa shape index (κ3) is 4.23. The van der Waals surface area contributed by atoms with Gasteiger partial charge in [0.2, 0.25) is 6.79 Å². The van der Waals surface area contributed by atoms with E-state index in [9.17, 15) is 14.7 Å². The Morgan fingerprint density at radius 3 is 2.65 bits per heavy atom. The second-order valence-electron chi connectivity index (χ2n) is 8.54. The van der Waals surface area contributed by atoms with Gasteiger partial charge in [-0.05, 0) is 61.4 Å². The van der Waals surface area contributed by atoms with Gasteiger partial charge in [0, 0.05) is 11.8 Å². The molecule has 3 aromatic carbocycles. The highest BCUT2D eigenvalue weighted by Crippen LogP contribution is 2.46. The Kier molecular flexibility index (Phi) is 6.43. The predicted octanol–water partition coefficient (Wildman–Crippen LogP) is 5.41. The van der Waals surface area contributed by atoms with E-state index in [2.05, 4.69) is 0 Å². The summed E-state index contributed by atoms with van der Waals surface area (Å²) in [7, 11) is 1.42. The van der Waals surface area contributed by atoms with Crippen LogP contribution < -0.4 is 23.8 Å². The smallest absolute Gasteiger partial charge is 0.300 e. The van der Waals surface area contributed by atoms with Crippen LogP contribution in [0.25, 0.3) is 5.76 Å². The SMILES string of the molecule is CCOc1cccc(C2/C(=C(\O)c3cc(C)cc(Cl)c3OC)C(=O)C(=O)N2c2ccc3c(c2)OCO3)c1. The number of aliphatic hydroxyl groups excluding tert-OH is 1. The fourth-order valence-corrected chi connectivity index (χ4v) is 5.00. The Morgan fingerprint density at radius 2 is 1.89 bits per heavy atom. The highest BCUT2D eigenvalue weighted by atomic mass is 35.5. The Hall–Kier alpha value is -4.17. The number of fused-ring (bicyclic) bond motifs is 1. The topological polar surface area (TPSA) is 94.5 Å². The van der Waals surface area contributed by atoms with Gasteiger partial charge in [-0.25, -0.2) is 0 Å². The van der Waals surface area contributed by atoms with Crippen LogP contribution in [-0.4, -0.2) is 37.3 Å². The number of hydrogen-bond donors (Lipinski definition) is 1. The first-order chi connectivity index (χ1) is 17.8. The van der Waals surface area contributed by atoms with Crippen molar-refractivity contribution in [2.75, 3.05) is 25.4 Å². The van der Waals surface area contributed by atoms with Crippen molar-refractivity contribution in [2.24, 2.45) is 0 Å². The van der Waals surface area contributed by atoms with Gasteiger partial charge in [0.05, 0.1) is 35.9 Å². The molecular formula is C28H24ClNO7. The average molecular weight is 522 g/mol. The van der Waals surface area contributed by atoms with Crippen molar-refractivity contribution in [3.05, 3.63) is 81.9 Å². The molecule has 2 heterocycles. The van der Waals surface area contributed by atoms with E-state index in [1.165, 1.54) is 12.0 Å². The lowest BCUT2D eigenvalue weighted by atomic mass is 9.94. The minimum absolute atomic E-state index is 0.0609. The second kappa shape index (κ2) is 9.71. The Balaban J connectivity index is 1.75. The summed E-state index contributed by atoms with van der Waals surface area (Å²) in [6, 6.07) is 14.4. The lowest BCUT2D eigenvalue weighted by molar-refractivity contribution is -0.132. The minimum atomic E-state index is -0.968. The standard InChI is InChI=1S/C28H24ClNO7/c1-4-35-18-7-5-6-16(12-18)24-23(25(31)19-10-15(2)11-20(29)27(19)34-3)26(32)28(33)30(24)17-8-9-21-22(13-17)37-14-36-21/h5-13,24,31H,4,14H2,1-3H3/b25-23+. The van der Waals surface area contributed by atoms with Gasteiger partial charge in [-0.1, -0.05) is 23.7 Å². The van der Waals surface area contributed by atoms with E-state index in [1.807, 2.05) is 6.92 Å². The third-order valence-corrected chi connectivity index (χ3v) is 6.49. The van der Waals surface area contributed by atoms with Crippen LogP contribution in [0.2, 0.25) is 5.02 Å². The molecule has 1 N–H and O–H groups in total. The van der Waals surface area contributed by atoms with Crippen LogP contribution in [0, 0.1) is 6.92 Å². The van der Waals surface area contributed by atoms with E-state index in [1.54, 1.807) is 61.5 Å². The number of methoxy groups -OCH3 is 1. The first kappa shape index (κ1) is 24.5. The molecule has 1 fully saturated rings. The fourth-order valence-electron chi connectivity index (χ4n) is 4.65. The molecule has 2 aliphatic heterocycles. The third-order valence-electron chi connectivity index (χ3n) is 6.21. The van der Waals surface area contributed by atoms with Crippen LogP contribution in [-0.2, 0) is 9.59 Å². The van der Waals surface area contributed by atoms with E-state index in [0.29, 0.717) is 35.1 Å². The molecule has 1 amide bonds. The number of ketones is 1. The summed E-state index contributed by atoms with van der Waals surface area (Å²) in [6.07, 6.45) is 0. The molecule has 3 aromatic rings. The minimum Gasteiger partial charge on any atom is -0.507 e. The Labute approximate surface area is 218 Å². The lowest BCUT2D eigenvalue weighted by Gasteiger charge is -2.26. The Bertz CT molecular complexity index is 1450. The zero-order valence-electron chi connectivity index (χ0n) is 20.4. The van der Waals surface area contributed by atoms with Crippen LogP contribution in [0.3, 0.4) is 0 Å². The van der Waals surface area contributed by atoms with Crippen LogP contribution in [0.4, 0.5) is 5.69 Å². The van der Waals surface area contributed by atoms with Crippen LogP contribution in [0.1, 0.15) is 29.7 Å². The lowest BCUT2D eigenvalue weighted by Crippen LogP contribution is -2.29. The zero-order valence-corrected chi connectivity index (χ0v) is 21.2. The molecule has 190 valence electrons. The van der Waals surface area contributed by atoms with E-state index in [4.69, 9.17) is 30.5 Å². The van der Waals surface area contributed by atoms with Gasteiger partial charge in [-0.15, -0.1) is 0 Å². The summed E-state index contributed by atoms with van der Waals surface area (Å²) in [5.74, 6) is -0.293. The number of Topliss-reactive ketones (excluding diaryl/α,β-unsaturated/α-hetero) is 1. The molecule has 0 saturated carbocycles. The highest BCUT2D eigenvalue weighted by Gasteiger charge is 2.47. The predicted molar refractivity (Wildman–Crippen MR) is 138 cm³/mol. The number of aryl methyl sites for hydroxylation is 1. The number of hydrogen-bond acceptors (Lipinski definition) is 7. The number of amides is 1. The summed E-state index contributed by atoms with van der Waals surface area (Å²) in [4.78, 5) is 28.4. The van der Waals surface area contributed by atoms with E-state index in [0.717, 1.165) is 5.56 Å². The van der Waals surface area contributed by atoms with Gasteiger partial charge in [-0.3, -0.25) is 14.5 Å². The molecule has 9 heteroatoms. The molecule has 5 rings (SSSR count). The number of nitrogens with zero attached hydrogens (tertiary/aromatic N) is 1. The molecule has 0 bridgehead atoms. The maximum atomic E-state index is 13.5. The van der Waals surface area contributed by atoms with Gasteiger partial charge in [-0.2, -0.15) is 0 Å². The molecule has 0 radical (unpaired) electrons. The molecule has 0 aliphatic carbocycles. The molecule has 37 heavy (non-hydrogen) atoms. The number of benzene rings is 3. The molecular weight excluding hydrogens is 498 g/mol. The molecule has 1 unspecified atom stereocenters.